The molecule has 0 N–H and O–H groups in total. The average Bonchev–Trinajstić information content (AvgIpc) is 1.54. The molecule has 0 saturated carbocycles. The summed E-state index contributed by atoms with van der Waals surface area (Å²) in [4.78, 5) is 4.71. The van der Waals surface area contributed by atoms with Gasteiger partial charge in [-0.25, -0.2) is 0 Å². The summed E-state index contributed by atoms with van der Waals surface area (Å²) >= 11 is 0. The summed E-state index contributed by atoms with van der Waals surface area (Å²) in [7, 11) is 0. The van der Waals surface area contributed by atoms with Crippen LogP contribution in [-0.2, 0) is 27.1 Å². The number of fused-ring (bicyclic) bond motifs is 15. The SMILES string of the molecule is CC1(C)c2cc(/C=C/c3ccc4c(c3)C(C)(C)c3cc(N(c5ccc(C#N)cc5)c5ccc6c(c5)C(C)(C)c5ccccc5-6)ccc3-4)ccc2-c2ccc(/C=C/c3ccc4c(c3)C(C)(C)c3cc(N(c5ccc(C#N)cc5)c5ccc6c(c5)C(C)(C)c5ccccc5-6)ccc3-4)cc21. The summed E-state index contributed by atoms with van der Waals surface area (Å²) in [5, 5.41) is 19.6. The van der Waals surface area contributed by atoms with Gasteiger partial charge >= 0.3 is 0 Å². The zero-order chi connectivity index (χ0) is 66.7. The lowest BCUT2D eigenvalue weighted by molar-refractivity contribution is 0.659. The highest BCUT2D eigenvalue weighted by molar-refractivity contribution is 5.93. The fourth-order valence-corrected chi connectivity index (χ4v) is 17.3. The highest BCUT2D eigenvalue weighted by Gasteiger charge is 2.41. The van der Waals surface area contributed by atoms with Gasteiger partial charge in [0.05, 0.1) is 23.3 Å². The summed E-state index contributed by atoms with van der Waals surface area (Å²) in [6, 6.07) is 94.0. The van der Waals surface area contributed by atoms with Crippen molar-refractivity contribution >= 4 is 58.4 Å². The van der Waals surface area contributed by atoms with E-state index in [1.165, 1.54) is 134 Å². The highest BCUT2D eigenvalue weighted by Crippen LogP contribution is 2.57. The smallest absolute Gasteiger partial charge is 0.0991 e. The summed E-state index contributed by atoms with van der Waals surface area (Å²) in [6.07, 6.45) is 9.13. The van der Waals surface area contributed by atoms with Crippen LogP contribution in [0.15, 0.2) is 243 Å². The van der Waals surface area contributed by atoms with Gasteiger partial charge < -0.3 is 9.80 Å². The predicted octanol–water partition coefficient (Wildman–Crippen LogP) is 24.2. The monoisotopic (exact) mass is 1250 g/mol. The molecule has 0 aromatic heterocycles. The molecular formula is C93H74N4. The van der Waals surface area contributed by atoms with Crippen LogP contribution in [-0.4, -0.2) is 0 Å². The van der Waals surface area contributed by atoms with Crippen LogP contribution >= 0.6 is 0 Å². The third kappa shape index (κ3) is 9.07. The first-order valence-electron chi connectivity index (χ1n) is 34.1. The molecule has 0 fully saturated rings. The Morgan fingerprint density at radius 2 is 0.433 bits per heavy atom. The van der Waals surface area contributed by atoms with Gasteiger partial charge in [-0.05, 0) is 231 Å². The van der Waals surface area contributed by atoms with Gasteiger partial charge in [0, 0.05) is 61.2 Å². The maximum atomic E-state index is 9.78. The molecule has 0 heterocycles. The molecule has 12 aromatic rings. The van der Waals surface area contributed by atoms with E-state index >= 15 is 0 Å². The number of hydrogen-bond acceptors (Lipinski definition) is 4. The maximum Gasteiger partial charge on any atom is 0.0991 e. The van der Waals surface area contributed by atoms with Crippen LogP contribution in [0.5, 0.6) is 0 Å². The Morgan fingerprint density at radius 3 is 0.691 bits per heavy atom. The van der Waals surface area contributed by atoms with E-state index in [-0.39, 0.29) is 27.1 Å². The van der Waals surface area contributed by atoms with Crippen LogP contribution in [0.1, 0.15) is 158 Å². The Bertz CT molecular complexity index is 5170. The van der Waals surface area contributed by atoms with Gasteiger partial charge in [0.1, 0.15) is 0 Å². The fourth-order valence-electron chi connectivity index (χ4n) is 17.3. The van der Waals surface area contributed by atoms with E-state index < -0.39 is 0 Å². The molecule has 0 unspecified atom stereocenters. The van der Waals surface area contributed by atoms with Crippen molar-refractivity contribution in [2.45, 2.75) is 96.3 Å². The molecule has 0 radical (unpaired) electrons. The highest BCUT2D eigenvalue weighted by atomic mass is 15.1. The van der Waals surface area contributed by atoms with Crippen LogP contribution in [0.4, 0.5) is 34.1 Å². The summed E-state index contributed by atoms with van der Waals surface area (Å²) in [6.45, 7) is 23.5. The molecule has 4 nitrogen and oxygen atoms in total. The number of hydrogen-bond donors (Lipinski definition) is 0. The molecule has 0 saturated heterocycles. The zero-order valence-corrected chi connectivity index (χ0v) is 56.7. The molecule has 466 valence electrons. The van der Waals surface area contributed by atoms with Crippen molar-refractivity contribution in [2.24, 2.45) is 0 Å². The lowest BCUT2D eigenvalue weighted by Crippen LogP contribution is -2.18. The predicted molar refractivity (Wildman–Crippen MR) is 404 cm³/mol. The quantitative estimate of drug-likeness (QED) is 0.128. The third-order valence-electron chi connectivity index (χ3n) is 22.7. The fraction of sp³-hybridized carbons (Fsp3) is 0.161. The second-order valence-corrected chi connectivity index (χ2v) is 30.0. The molecule has 12 aromatic carbocycles. The molecular weight excluding hydrogens is 1170 g/mol. The van der Waals surface area contributed by atoms with E-state index in [1.54, 1.807) is 0 Å². The van der Waals surface area contributed by atoms with Crippen molar-refractivity contribution in [2.75, 3.05) is 9.80 Å². The van der Waals surface area contributed by atoms with Crippen molar-refractivity contribution in [3.8, 4) is 67.8 Å². The van der Waals surface area contributed by atoms with Crippen molar-refractivity contribution in [1.29, 1.82) is 10.5 Å². The first kappa shape index (κ1) is 59.4. The van der Waals surface area contributed by atoms with Gasteiger partial charge in [-0.15, -0.1) is 0 Å². The third-order valence-corrected chi connectivity index (χ3v) is 22.7. The second kappa shape index (κ2) is 21.4. The first-order chi connectivity index (χ1) is 46.7. The Morgan fingerprint density at radius 1 is 0.227 bits per heavy atom. The molecule has 4 heteroatoms. The second-order valence-electron chi connectivity index (χ2n) is 30.0. The largest absolute Gasteiger partial charge is 0.310 e. The number of nitrogens with zero attached hydrogens (tertiary/aromatic N) is 4. The van der Waals surface area contributed by atoms with Gasteiger partial charge in [0.25, 0.3) is 0 Å². The normalized spacial score (nSPS) is 15.6. The van der Waals surface area contributed by atoms with E-state index in [0.717, 1.165) is 34.1 Å². The standard InChI is InChI=1S/C93H74N4/c1-89(2)79-17-13-11-15-69(79)75-43-35-65(51-85(75)89)96(63-31-23-61(55-94)24-32-63)67-37-45-77-73-41-29-59(49-83(73)92(7,8)87(77)53-67)21-19-57-27-39-71-72-40-28-58(48-82(72)91(5,6)81(71)47-57)20-22-60-30-42-74-78-46-38-68(54-88(78)93(9,10)84(74)50-60)97(64-33-25-62(56-95)26-34-64)66-36-44-76-70-16-12-14-18-80(70)90(3,4)86(76)52-66/h11-54H,1-10H3/b21-19+,22-20+. The van der Waals surface area contributed by atoms with Crippen LogP contribution < -0.4 is 9.80 Å². The van der Waals surface area contributed by atoms with E-state index in [4.69, 9.17) is 0 Å². The average molecular weight is 1250 g/mol. The molecule has 0 spiro atoms. The Balaban J connectivity index is 0.613. The first-order valence-corrected chi connectivity index (χ1v) is 34.1. The topological polar surface area (TPSA) is 54.1 Å². The van der Waals surface area contributed by atoms with Crippen molar-refractivity contribution in [3.05, 3.63) is 332 Å². The van der Waals surface area contributed by atoms with Crippen LogP contribution in [0.3, 0.4) is 0 Å². The number of benzene rings is 12. The zero-order valence-electron chi connectivity index (χ0n) is 56.7. The van der Waals surface area contributed by atoms with E-state index in [2.05, 4.69) is 334 Å². The Kier molecular flexibility index (Phi) is 13.1. The van der Waals surface area contributed by atoms with Crippen molar-refractivity contribution in [1.82, 2.24) is 0 Å². The minimum absolute atomic E-state index is 0.145. The van der Waals surface area contributed by atoms with E-state index in [1.807, 2.05) is 24.3 Å². The minimum Gasteiger partial charge on any atom is -0.310 e. The molecule has 0 atom stereocenters. The Hall–Kier alpha value is -11.3. The number of rotatable bonds is 10. The van der Waals surface area contributed by atoms with Crippen LogP contribution in [0.25, 0.3) is 79.9 Å². The molecule has 5 aliphatic rings. The van der Waals surface area contributed by atoms with Gasteiger partial charge in [-0.3, -0.25) is 0 Å². The lowest BCUT2D eigenvalue weighted by Gasteiger charge is -2.29. The van der Waals surface area contributed by atoms with Crippen LogP contribution in [0.2, 0.25) is 0 Å². The van der Waals surface area contributed by atoms with Crippen LogP contribution in [0, 0.1) is 22.7 Å². The lowest BCUT2D eigenvalue weighted by atomic mass is 9.81. The van der Waals surface area contributed by atoms with Gasteiger partial charge in [0.15, 0.2) is 0 Å². The summed E-state index contributed by atoms with van der Waals surface area (Å²) < 4.78 is 0. The van der Waals surface area contributed by atoms with E-state index in [9.17, 15) is 10.5 Å². The molecule has 0 bridgehead atoms. The van der Waals surface area contributed by atoms with Gasteiger partial charge in [0.2, 0.25) is 0 Å². The molecule has 97 heavy (non-hydrogen) atoms. The minimum atomic E-state index is -0.257. The van der Waals surface area contributed by atoms with Crippen molar-refractivity contribution < 1.29 is 0 Å². The molecule has 0 amide bonds. The van der Waals surface area contributed by atoms with E-state index in [0.29, 0.717) is 11.1 Å². The molecule has 17 rings (SSSR count). The summed E-state index contributed by atoms with van der Waals surface area (Å²) in [5.74, 6) is 0. The van der Waals surface area contributed by atoms with Gasteiger partial charge in [-0.2, -0.15) is 10.5 Å². The van der Waals surface area contributed by atoms with Crippen molar-refractivity contribution in [3.63, 3.8) is 0 Å². The maximum absolute atomic E-state index is 9.78. The molecule has 5 aliphatic carbocycles. The number of anilines is 6. The summed E-state index contributed by atoms with van der Waals surface area (Å²) in [5.41, 5.74) is 37.6. The Labute approximate surface area is 571 Å². The molecule has 0 aliphatic heterocycles. The number of nitriles is 2. The van der Waals surface area contributed by atoms with Gasteiger partial charge in [-0.1, -0.05) is 239 Å².